The van der Waals surface area contributed by atoms with Crippen LogP contribution in [-0.2, 0) is 11.2 Å². The van der Waals surface area contributed by atoms with Crippen LogP contribution in [0, 0.1) is 5.82 Å². The van der Waals surface area contributed by atoms with Gasteiger partial charge in [0, 0.05) is 6.54 Å². The maximum absolute atomic E-state index is 13.5. The highest BCUT2D eigenvalue weighted by Gasteiger charge is 2.29. The number of carbonyl (C=O) groups excluding carboxylic acids is 1. The largest absolute Gasteiger partial charge is 0.494 e. The highest BCUT2D eigenvalue weighted by Crippen LogP contribution is 2.32. The molecule has 1 amide bonds. The number of hydrogen-bond donors (Lipinski definition) is 0. The van der Waals surface area contributed by atoms with Crippen LogP contribution in [0.4, 0.5) is 4.39 Å². The lowest BCUT2D eigenvalue weighted by atomic mass is 10.0. The summed E-state index contributed by atoms with van der Waals surface area (Å²) in [5.74, 6) is 0.650. The normalized spacial score (nSPS) is 17.1. The Balaban J connectivity index is 1.69. The van der Waals surface area contributed by atoms with Crippen molar-refractivity contribution in [3.8, 4) is 5.75 Å². The summed E-state index contributed by atoms with van der Waals surface area (Å²) in [6, 6.07) is 14.2. The second-order valence-corrected chi connectivity index (χ2v) is 6.05. The van der Waals surface area contributed by atoms with Gasteiger partial charge in [0.25, 0.3) is 0 Å². The van der Waals surface area contributed by atoms with Gasteiger partial charge in [0.1, 0.15) is 11.6 Å². The smallest absolute Gasteiger partial charge is 0.227 e. The second-order valence-electron chi connectivity index (χ2n) is 6.05. The Morgan fingerprint density at radius 3 is 2.75 bits per heavy atom. The first kappa shape index (κ1) is 16.5. The molecule has 0 N–H and O–H groups in total. The fourth-order valence-corrected chi connectivity index (χ4v) is 3.27. The molecule has 1 fully saturated rings. The minimum Gasteiger partial charge on any atom is -0.494 e. The fraction of sp³-hybridized carbons (Fsp3) is 0.350. The van der Waals surface area contributed by atoms with E-state index < -0.39 is 0 Å². The molecule has 0 saturated carbocycles. The highest BCUT2D eigenvalue weighted by molar-refractivity contribution is 5.79. The maximum atomic E-state index is 13.5. The third-order valence-corrected chi connectivity index (χ3v) is 4.40. The van der Waals surface area contributed by atoms with E-state index in [1.54, 1.807) is 6.07 Å². The van der Waals surface area contributed by atoms with Crippen molar-refractivity contribution in [2.75, 3.05) is 13.2 Å². The van der Waals surface area contributed by atoms with E-state index in [1.807, 2.05) is 42.2 Å². The maximum Gasteiger partial charge on any atom is 0.227 e. The number of likely N-dealkylation sites (tertiary alicyclic amines) is 1. The van der Waals surface area contributed by atoms with Gasteiger partial charge in [0.2, 0.25) is 5.91 Å². The van der Waals surface area contributed by atoms with E-state index in [0.29, 0.717) is 13.0 Å². The van der Waals surface area contributed by atoms with Gasteiger partial charge in [-0.3, -0.25) is 4.79 Å². The van der Waals surface area contributed by atoms with Crippen molar-refractivity contribution in [2.24, 2.45) is 0 Å². The van der Waals surface area contributed by atoms with Crippen LogP contribution in [0.5, 0.6) is 5.75 Å². The number of amides is 1. The first-order valence-corrected chi connectivity index (χ1v) is 8.44. The Labute approximate surface area is 142 Å². The van der Waals surface area contributed by atoms with Gasteiger partial charge in [-0.25, -0.2) is 4.39 Å². The van der Waals surface area contributed by atoms with Crippen LogP contribution < -0.4 is 4.74 Å². The molecule has 3 rings (SSSR count). The first-order valence-electron chi connectivity index (χ1n) is 8.44. The lowest BCUT2D eigenvalue weighted by Crippen LogP contribution is -2.31. The van der Waals surface area contributed by atoms with E-state index in [0.717, 1.165) is 36.3 Å². The summed E-state index contributed by atoms with van der Waals surface area (Å²) >= 11 is 0. The fourth-order valence-electron chi connectivity index (χ4n) is 3.27. The van der Waals surface area contributed by atoms with Crippen molar-refractivity contribution in [1.82, 2.24) is 4.90 Å². The first-order chi connectivity index (χ1) is 11.7. The molecule has 2 aromatic rings. The molecule has 24 heavy (non-hydrogen) atoms. The van der Waals surface area contributed by atoms with Gasteiger partial charge in [-0.1, -0.05) is 24.3 Å². The molecule has 1 heterocycles. The number of hydrogen-bond acceptors (Lipinski definition) is 2. The number of nitrogens with zero attached hydrogens (tertiary/aromatic N) is 1. The van der Waals surface area contributed by atoms with Gasteiger partial charge >= 0.3 is 0 Å². The Morgan fingerprint density at radius 2 is 2.04 bits per heavy atom. The summed E-state index contributed by atoms with van der Waals surface area (Å²) in [7, 11) is 0. The molecule has 1 atom stereocenters. The zero-order valence-electron chi connectivity index (χ0n) is 13.9. The molecule has 1 aliphatic heterocycles. The molecule has 4 heteroatoms. The lowest BCUT2D eigenvalue weighted by Gasteiger charge is -2.25. The van der Waals surface area contributed by atoms with Gasteiger partial charge in [-0.15, -0.1) is 0 Å². The van der Waals surface area contributed by atoms with E-state index in [2.05, 4.69) is 0 Å². The minimum atomic E-state index is -0.252. The van der Waals surface area contributed by atoms with Gasteiger partial charge in [-0.05, 0) is 55.2 Å². The van der Waals surface area contributed by atoms with Gasteiger partial charge in [-0.2, -0.15) is 0 Å². The van der Waals surface area contributed by atoms with Gasteiger partial charge in [0.05, 0.1) is 19.1 Å². The summed E-state index contributed by atoms with van der Waals surface area (Å²) in [6.07, 6.45) is 2.20. The van der Waals surface area contributed by atoms with Crippen LogP contribution in [0.15, 0.2) is 48.5 Å². The second kappa shape index (κ2) is 7.47. The molecule has 1 saturated heterocycles. The Kier molecular flexibility index (Phi) is 5.14. The molecule has 0 radical (unpaired) electrons. The van der Waals surface area contributed by atoms with Crippen molar-refractivity contribution >= 4 is 5.91 Å². The van der Waals surface area contributed by atoms with E-state index in [1.165, 1.54) is 12.1 Å². The summed E-state index contributed by atoms with van der Waals surface area (Å²) in [5, 5.41) is 0. The molecule has 0 aliphatic carbocycles. The summed E-state index contributed by atoms with van der Waals surface area (Å²) < 4.78 is 18.9. The molecule has 0 bridgehead atoms. The van der Waals surface area contributed by atoms with Crippen LogP contribution in [0.2, 0.25) is 0 Å². The van der Waals surface area contributed by atoms with Crippen molar-refractivity contribution in [3.05, 3.63) is 65.5 Å². The predicted octanol–water partition coefficient (Wildman–Crippen LogP) is 4.13. The van der Waals surface area contributed by atoms with Gasteiger partial charge in [0.15, 0.2) is 0 Å². The van der Waals surface area contributed by atoms with E-state index in [9.17, 15) is 9.18 Å². The van der Waals surface area contributed by atoms with Crippen LogP contribution in [0.3, 0.4) is 0 Å². The Bertz CT molecular complexity index is 699. The Hall–Kier alpha value is -2.36. The molecule has 1 unspecified atom stereocenters. The SMILES string of the molecule is CCOc1ccc(CC(=O)N2CCCC2c2cccc(F)c2)cc1. The van der Waals surface area contributed by atoms with Crippen LogP contribution >= 0.6 is 0 Å². The van der Waals surface area contributed by atoms with E-state index in [-0.39, 0.29) is 17.8 Å². The molecular weight excluding hydrogens is 305 g/mol. The standard InChI is InChI=1S/C20H22FNO2/c1-2-24-18-10-8-15(9-11-18)13-20(23)22-12-4-7-19(22)16-5-3-6-17(21)14-16/h3,5-6,8-11,14,19H,2,4,7,12-13H2,1H3. The predicted molar refractivity (Wildman–Crippen MR) is 91.4 cm³/mol. The minimum absolute atomic E-state index is 0.0177. The zero-order valence-corrected chi connectivity index (χ0v) is 13.9. The monoisotopic (exact) mass is 327 g/mol. The van der Waals surface area contributed by atoms with Gasteiger partial charge < -0.3 is 9.64 Å². The van der Waals surface area contributed by atoms with E-state index >= 15 is 0 Å². The number of ether oxygens (including phenoxy) is 1. The van der Waals surface area contributed by atoms with Crippen molar-refractivity contribution in [2.45, 2.75) is 32.2 Å². The topological polar surface area (TPSA) is 29.5 Å². The average Bonchev–Trinajstić information content (AvgIpc) is 3.07. The van der Waals surface area contributed by atoms with E-state index in [4.69, 9.17) is 4.74 Å². The quantitative estimate of drug-likeness (QED) is 0.826. The summed E-state index contributed by atoms with van der Waals surface area (Å²) in [6.45, 7) is 3.30. The van der Waals surface area contributed by atoms with Crippen LogP contribution in [-0.4, -0.2) is 24.0 Å². The molecule has 0 aromatic heterocycles. The van der Waals surface area contributed by atoms with Crippen LogP contribution in [0.1, 0.15) is 36.9 Å². The number of rotatable bonds is 5. The number of carbonyl (C=O) groups is 1. The molecule has 2 aromatic carbocycles. The summed E-state index contributed by atoms with van der Waals surface area (Å²) in [5.41, 5.74) is 1.85. The number of benzene rings is 2. The third kappa shape index (κ3) is 3.75. The van der Waals surface area contributed by atoms with Crippen molar-refractivity contribution in [3.63, 3.8) is 0 Å². The Morgan fingerprint density at radius 1 is 1.25 bits per heavy atom. The summed E-state index contributed by atoms with van der Waals surface area (Å²) in [4.78, 5) is 14.6. The lowest BCUT2D eigenvalue weighted by molar-refractivity contribution is -0.131. The number of halogens is 1. The molecule has 3 nitrogen and oxygen atoms in total. The van der Waals surface area contributed by atoms with Crippen LogP contribution in [0.25, 0.3) is 0 Å². The molecule has 126 valence electrons. The van der Waals surface area contributed by atoms with Crippen molar-refractivity contribution in [1.29, 1.82) is 0 Å². The molecule has 0 spiro atoms. The van der Waals surface area contributed by atoms with Crippen molar-refractivity contribution < 1.29 is 13.9 Å². The highest BCUT2D eigenvalue weighted by atomic mass is 19.1. The zero-order chi connectivity index (χ0) is 16.9. The average molecular weight is 327 g/mol. The molecule has 1 aliphatic rings. The third-order valence-electron chi connectivity index (χ3n) is 4.40. The molecular formula is C20H22FNO2.